The number of hydrogen-bond donors (Lipinski definition) is 1. The van der Waals surface area contributed by atoms with E-state index in [0.717, 1.165) is 0 Å². The normalized spacial score (nSPS) is 10.7. The average molecular weight is 449 g/mol. The summed E-state index contributed by atoms with van der Waals surface area (Å²) in [6.07, 6.45) is 0. The first-order valence-corrected chi connectivity index (χ1v) is 10.6. The van der Waals surface area contributed by atoms with Crippen molar-refractivity contribution in [1.29, 1.82) is 0 Å². The molecule has 0 bridgehead atoms. The lowest BCUT2D eigenvalue weighted by atomic mass is 10.2. The molecule has 2 aromatic carbocycles. The van der Waals surface area contributed by atoms with Gasteiger partial charge in [-0.05, 0) is 25.1 Å². The summed E-state index contributed by atoms with van der Waals surface area (Å²) in [5.41, 5.74) is 0.997. The molecular weight excluding hydrogens is 431 g/mol. The number of nitrogens with one attached hydrogen (secondary N) is 1. The van der Waals surface area contributed by atoms with Gasteiger partial charge in [-0.1, -0.05) is 65.3 Å². The van der Waals surface area contributed by atoms with E-state index >= 15 is 0 Å². The van der Waals surface area contributed by atoms with Crippen molar-refractivity contribution in [3.63, 3.8) is 0 Å². The molecule has 0 radical (unpaired) electrons. The van der Waals surface area contributed by atoms with E-state index in [1.54, 1.807) is 24.3 Å². The SMILES string of the molecule is CCn1c(CNC(=O)c2ccc(Cl)cc2Cl)nnc1SCC(=O)c1ccccc1. The van der Waals surface area contributed by atoms with Gasteiger partial charge in [0.2, 0.25) is 0 Å². The van der Waals surface area contributed by atoms with Crippen LogP contribution >= 0.6 is 35.0 Å². The number of carbonyl (C=O) groups is 2. The number of amides is 1. The van der Waals surface area contributed by atoms with Crippen LogP contribution in [0.25, 0.3) is 0 Å². The first-order valence-electron chi connectivity index (χ1n) is 8.86. The molecule has 9 heteroatoms. The highest BCUT2D eigenvalue weighted by Crippen LogP contribution is 2.21. The van der Waals surface area contributed by atoms with Crippen LogP contribution in [0.3, 0.4) is 0 Å². The number of nitrogens with zero attached hydrogens (tertiary/aromatic N) is 3. The molecule has 6 nitrogen and oxygen atoms in total. The zero-order valence-electron chi connectivity index (χ0n) is 15.6. The molecule has 0 fully saturated rings. The highest BCUT2D eigenvalue weighted by molar-refractivity contribution is 7.99. The lowest BCUT2D eigenvalue weighted by Crippen LogP contribution is -2.25. The van der Waals surface area contributed by atoms with Crippen LogP contribution in [0.15, 0.2) is 53.7 Å². The lowest BCUT2D eigenvalue weighted by Gasteiger charge is -2.09. The second-order valence-electron chi connectivity index (χ2n) is 6.03. The van der Waals surface area contributed by atoms with E-state index < -0.39 is 0 Å². The summed E-state index contributed by atoms with van der Waals surface area (Å²) in [5.74, 6) is 0.550. The van der Waals surface area contributed by atoms with E-state index in [0.29, 0.717) is 33.7 Å². The summed E-state index contributed by atoms with van der Waals surface area (Å²) < 4.78 is 1.87. The Bertz CT molecular complexity index is 1020. The molecule has 150 valence electrons. The molecule has 0 saturated carbocycles. The fourth-order valence-corrected chi connectivity index (χ4v) is 4.05. The summed E-state index contributed by atoms with van der Waals surface area (Å²) >= 11 is 13.3. The Labute approximate surface area is 182 Å². The summed E-state index contributed by atoms with van der Waals surface area (Å²) in [6.45, 7) is 2.75. The summed E-state index contributed by atoms with van der Waals surface area (Å²) in [4.78, 5) is 24.7. The van der Waals surface area contributed by atoms with Gasteiger partial charge < -0.3 is 9.88 Å². The smallest absolute Gasteiger partial charge is 0.253 e. The van der Waals surface area contributed by atoms with Gasteiger partial charge in [0.25, 0.3) is 5.91 Å². The van der Waals surface area contributed by atoms with Crippen LogP contribution in [0.4, 0.5) is 0 Å². The maximum absolute atomic E-state index is 12.4. The van der Waals surface area contributed by atoms with Crippen LogP contribution in [0.5, 0.6) is 0 Å². The van der Waals surface area contributed by atoms with E-state index in [-0.39, 0.29) is 29.0 Å². The Hall–Kier alpha value is -2.35. The minimum atomic E-state index is -0.328. The van der Waals surface area contributed by atoms with Crippen molar-refractivity contribution in [2.75, 3.05) is 5.75 Å². The van der Waals surface area contributed by atoms with Crippen molar-refractivity contribution < 1.29 is 9.59 Å². The Morgan fingerprint density at radius 2 is 1.86 bits per heavy atom. The molecule has 1 amide bonds. The Balaban J connectivity index is 1.63. The van der Waals surface area contributed by atoms with Crippen molar-refractivity contribution in [1.82, 2.24) is 20.1 Å². The van der Waals surface area contributed by atoms with Crippen LogP contribution < -0.4 is 5.32 Å². The molecule has 1 heterocycles. The van der Waals surface area contributed by atoms with Crippen molar-refractivity contribution in [3.05, 3.63) is 75.5 Å². The van der Waals surface area contributed by atoms with Crippen molar-refractivity contribution in [2.24, 2.45) is 0 Å². The topological polar surface area (TPSA) is 76.9 Å². The van der Waals surface area contributed by atoms with Gasteiger partial charge in [0, 0.05) is 17.1 Å². The maximum atomic E-state index is 12.4. The Kier molecular flexibility index (Phi) is 7.30. The standard InChI is InChI=1S/C20H18Cl2N4O2S/c1-2-26-18(11-23-19(28)15-9-8-14(21)10-16(15)22)24-25-20(26)29-12-17(27)13-6-4-3-5-7-13/h3-10H,2,11-12H2,1H3,(H,23,28). The van der Waals surface area contributed by atoms with Gasteiger partial charge in [0.1, 0.15) is 0 Å². The lowest BCUT2D eigenvalue weighted by molar-refractivity contribution is 0.0948. The predicted molar refractivity (Wildman–Crippen MR) is 115 cm³/mol. The largest absolute Gasteiger partial charge is 0.345 e. The number of rotatable bonds is 8. The molecule has 29 heavy (non-hydrogen) atoms. The Morgan fingerprint density at radius 3 is 2.55 bits per heavy atom. The van der Waals surface area contributed by atoms with Crippen LogP contribution in [-0.4, -0.2) is 32.2 Å². The summed E-state index contributed by atoms with van der Waals surface area (Å²) in [5, 5.41) is 12.5. The Morgan fingerprint density at radius 1 is 1.10 bits per heavy atom. The number of benzene rings is 2. The van der Waals surface area contributed by atoms with E-state index in [1.807, 2.05) is 29.7 Å². The number of aromatic nitrogens is 3. The van der Waals surface area contributed by atoms with Gasteiger partial charge in [-0.25, -0.2) is 0 Å². The quantitative estimate of drug-likeness (QED) is 0.405. The summed E-state index contributed by atoms with van der Waals surface area (Å²) in [6, 6.07) is 13.8. The van der Waals surface area contributed by atoms with Gasteiger partial charge in [0.05, 0.1) is 22.9 Å². The zero-order chi connectivity index (χ0) is 20.8. The number of hydrogen-bond acceptors (Lipinski definition) is 5. The van der Waals surface area contributed by atoms with Gasteiger partial charge >= 0.3 is 0 Å². The highest BCUT2D eigenvalue weighted by Gasteiger charge is 2.16. The molecule has 0 atom stereocenters. The average Bonchev–Trinajstić information content (AvgIpc) is 3.12. The maximum Gasteiger partial charge on any atom is 0.253 e. The number of Topliss-reactive ketones (excluding diaryl/α,β-unsaturated/α-hetero) is 1. The first kappa shape index (κ1) is 21.4. The second kappa shape index (κ2) is 9.91. The molecule has 1 N–H and O–H groups in total. The molecule has 3 rings (SSSR count). The van der Waals surface area contributed by atoms with Crippen LogP contribution in [0.2, 0.25) is 10.0 Å². The van der Waals surface area contributed by atoms with Gasteiger partial charge in [-0.2, -0.15) is 0 Å². The van der Waals surface area contributed by atoms with Crippen LogP contribution in [0.1, 0.15) is 33.5 Å². The number of halogens is 2. The zero-order valence-corrected chi connectivity index (χ0v) is 17.9. The van der Waals surface area contributed by atoms with Crippen LogP contribution in [0, 0.1) is 0 Å². The molecule has 3 aromatic rings. The van der Waals surface area contributed by atoms with Crippen molar-refractivity contribution >= 4 is 46.7 Å². The third-order valence-electron chi connectivity index (χ3n) is 4.12. The van der Waals surface area contributed by atoms with Gasteiger partial charge in [-0.15, -0.1) is 10.2 Å². The number of carbonyl (C=O) groups excluding carboxylic acids is 2. The third kappa shape index (κ3) is 5.38. The van der Waals surface area contributed by atoms with E-state index in [4.69, 9.17) is 23.2 Å². The minimum absolute atomic E-state index is 0.0217. The van der Waals surface area contributed by atoms with E-state index in [2.05, 4.69) is 15.5 Å². The number of ketones is 1. The molecular formula is C20H18Cl2N4O2S. The first-order chi connectivity index (χ1) is 14.0. The third-order valence-corrected chi connectivity index (χ3v) is 5.64. The van der Waals surface area contributed by atoms with E-state index in [9.17, 15) is 9.59 Å². The second-order valence-corrected chi connectivity index (χ2v) is 7.81. The molecule has 0 aliphatic carbocycles. The summed E-state index contributed by atoms with van der Waals surface area (Å²) in [7, 11) is 0. The fourth-order valence-electron chi connectivity index (χ4n) is 2.64. The van der Waals surface area contributed by atoms with Crippen LogP contribution in [-0.2, 0) is 13.1 Å². The highest BCUT2D eigenvalue weighted by atomic mass is 35.5. The van der Waals surface area contributed by atoms with E-state index in [1.165, 1.54) is 17.8 Å². The van der Waals surface area contributed by atoms with Crippen molar-refractivity contribution in [2.45, 2.75) is 25.2 Å². The molecule has 0 spiro atoms. The van der Waals surface area contributed by atoms with Gasteiger partial charge in [-0.3, -0.25) is 9.59 Å². The molecule has 0 aliphatic rings. The minimum Gasteiger partial charge on any atom is -0.345 e. The molecule has 0 saturated heterocycles. The fraction of sp³-hybridized carbons (Fsp3) is 0.200. The molecule has 0 aliphatic heterocycles. The molecule has 0 unspecified atom stereocenters. The van der Waals surface area contributed by atoms with Crippen molar-refractivity contribution in [3.8, 4) is 0 Å². The monoisotopic (exact) mass is 448 g/mol. The molecule has 1 aromatic heterocycles. The number of thioether (sulfide) groups is 1. The van der Waals surface area contributed by atoms with Gasteiger partial charge in [0.15, 0.2) is 16.8 Å². The predicted octanol–water partition coefficient (Wildman–Crippen LogP) is 4.51.